The minimum absolute atomic E-state index is 0.213. The minimum atomic E-state index is -0.346. The van der Waals surface area contributed by atoms with Crippen LogP contribution in [0.5, 0.6) is 0 Å². The highest BCUT2D eigenvalue weighted by Crippen LogP contribution is 2.25. The largest absolute Gasteiger partial charge is 0.310 e. The Kier molecular flexibility index (Phi) is 7.40. The van der Waals surface area contributed by atoms with Crippen LogP contribution in [0.25, 0.3) is 0 Å². The van der Waals surface area contributed by atoms with Crippen molar-refractivity contribution in [2.24, 2.45) is 5.92 Å². The Morgan fingerprint density at radius 3 is 2.58 bits per heavy atom. The molecule has 1 aromatic rings. The van der Waals surface area contributed by atoms with Gasteiger partial charge in [0.05, 0.1) is 5.02 Å². The molecule has 0 spiro atoms. The van der Waals surface area contributed by atoms with Crippen molar-refractivity contribution in [3.63, 3.8) is 0 Å². The molecule has 1 rings (SSSR count). The second kappa shape index (κ2) is 8.55. The van der Waals surface area contributed by atoms with Gasteiger partial charge in [-0.05, 0) is 43.0 Å². The van der Waals surface area contributed by atoms with E-state index in [1.165, 1.54) is 18.9 Å². The molecule has 0 radical (unpaired) electrons. The minimum Gasteiger partial charge on any atom is -0.310 e. The third-order valence-electron chi connectivity index (χ3n) is 3.26. The fourth-order valence-electron chi connectivity index (χ4n) is 2.16. The first-order chi connectivity index (χ1) is 9.04. The molecular formula is C16H25ClFN. The van der Waals surface area contributed by atoms with Crippen molar-refractivity contribution in [1.82, 2.24) is 5.32 Å². The van der Waals surface area contributed by atoms with E-state index in [1.54, 1.807) is 6.07 Å². The summed E-state index contributed by atoms with van der Waals surface area (Å²) in [6.07, 6.45) is 4.56. The van der Waals surface area contributed by atoms with E-state index < -0.39 is 0 Å². The molecule has 1 atom stereocenters. The maximum atomic E-state index is 13.2. The molecule has 0 aliphatic rings. The first kappa shape index (κ1) is 16.5. The predicted octanol–water partition coefficient (Wildman–Crippen LogP) is 5.35. The van der Waals surface area contributed by atoms with Crippen molar-refractivity contribution in [2.75, 3.05) is 6.54 Å². The van der Waals surface area contributed by atoms with E-state index in [0.717, 1.165) is 30.9 Å². The highest BCUT2D eigenvalue weighted by atomic mass is 35.5. The van der Waals surface area contributed by atoms with Crippen LogP contribution in [0.4, 0.5) is 4.39 Å². The zero-order valence-electron chi connectivity index (χ0n) is 12.2. The van der Waals surface area contributed by atoms with Crippen LogP contribution in [-0.4, -0.2) is 6.54 Å². The van der Waals surface area contributed by atoms with Crippen molar-refractivity contribution < 1.29 is 4.39 Å². The third kappa shape index (κ3) is 5.92. The fourth-order valence-corrected chi connectivity index (χ4v) is 2.35. The number of hydrogen-bond acceptors (Lipinski definition) is 1. The Hall–Kier alpha value is -0.600. The molecule has 0 aliphatic carbocycles. The summed E-state index contributed by atoms with van der Waals surface area (Å²) in [5, 5.41) is 3.74. The maximum Gasteiger partial charge on any atom is 0.141 e. The molecule has 0 aliphatic heterocycles. The van der Waals surface area contributed by atoms with Crippen LogP contribution in [0.15, 0.2) is 18.2 Å². The van der Waals surface area contributed by atoms with E-state index in [4.69, 9.17) is 11.6 Å². The molecule has 0 bridgehead atoms. The van der Waals surface area contributed by atoms with Gasteiger partial charge in [0.1, 0.15) is 5.82 Å². The Morgan fingerprint density at radius 1 is 1.26 bits per heavy atom. The highest BCUT2D eigenvalue weighted by Gasteiger charge is 2.12. The topological polar surface area (TPSA) is 12.0 Å². The Balaban J connectivity index is 2.68. The number of benzene rings is 1. The first-order valence-corrected chi connectivity index (χ1v) is 7.60. The van der Waals surface area contributed by atoms with Gasteiger partial charge in [0.15, 0.2) is 0 Å². The number of halogens is 2. The predicted molar refractivity (Wildman–Crippen MR) is 81.1 cm³/mol. The summed E-state index contributed by atoms with van der Waals surface area (Å²) in [6.45, 7) is 7.60. The molecule has 0 fully saturated rings. The summed E-state index contributed by atoms with van der Waals surface area (Å²) in [6, 6.07) is 5.32. The van der Waals surface area contributed by atoms with Crippen LogP contribution in [0.2, 0.25) is 5.02 Å². The van der Waals surface area contributed by atoms with E-state index in [2.05, 4.69) is 26.1 Å². The number of hydrogen-bond donors (Lipinski definition) is 1. The van der Waals surface area contributed by atoms with Gasteiger partial charge in [0.2, 0.25) is 0 Å². The Morgan fingerprint density at radius 2 is 2.00 bits per heavy atom. The lowest BCUT2D eigenvalue weighted by Crippen LogP contribution is -2.22. The molecule has 1 unspecified atom stereocenters. The van der Waals surface area contributed by atoms with E-state index in [1.807, 2.05) is 6.07 Å². The molecule has 1 nitrogen and oxygen atoms in total. The molecule has 0 saturated heterocycles. The van der Waals surface area contributed by atoms with Crippen LogP contribution < -0.4 is 5.32 Å². The van der Waals surface area contributed by atoms with Gasteiger partial charge in [0.25, 0.3) is 0 Å². The molecule has 3 heteroatoms. The SMILES string of the molecule is CCCNC(CCCC(C)C)c1ccc(F)c(Cl)c1. The second-order valence-corrected chi connectivity index (χ2v) is 5.91. The van der Waals surface area contributed by atoms with Crippen LogP contribution in [-0.2, 0) is 0 Å². The average Bonchev–Trinajstić information content (AvgIpc) is 2.36. The van der Waals surface area contributed by atoms with Gasteiger partial charge >= 0.3 is 0 Å². The van der Waals surface area contributed by atoms with E-state index in [-0.39, 0.29) is 16.9 Å². The van der Waals surface area contributed by atoms with Gasteiger partial charge in [-0.15, -0.1) is 0 Å². The van der Waals surface area contributed by atoms with Crippen molar-refractivity contribution in [3.05, 3.63) is 34.6 Å². The molecular weight excluding hydrogens is 261 g/mol. The van der Waals surface area contributed by atoms with Crippen LogP contribution in [0, 0.1) is 11.7 Å². The standard InChI is InChI=1S/C16H25ClFN/c1-4-10-19-16(7-5-6-12(2)3)13-8-9-15(18)14(17)11-13/h8-9,11-12,16,19H,4-7,10H2,1-3H3. The lowest BCUT2D eigenvalue weighted by atomic mass is 9.98. The van der Waals surface area contributed by atoms with Crippen molar-refractivity contribution in [1.29, 1.82) is 0 Å². The van der Waals surface area contributed by atoms with Gasteiger partial charge in [-0.25, -0.2) is 4.39 Å². The average molecular weight is 286 g/mol. The second-order valence-electron chi connectivity index (χ2n) is 5.51. The Bertz CT molecular complexity index is 379. The molecule has 108 valence electrons. The van der Waals surface area contributed by atoms with Crippen LogP contribution in [0.3, 0.4) is 0 Å². The first-order valence-electron chi connectivity index (χ1n) is 7.23. The van der Waals surface area contributed by atoms with Crippen molar-refractivity contribution >= 4 is 11.6 Å². The number of rotatable bonds is 8. The molecule has 1 N–H and O–H groups in total. The van der Waals surface area contributed by atoms with E-state index in [9.17, 15) is 4.39 Å². The lowest BCUT2D eigenvalue weighted by molar-refractivity contribution is 0.447. The van der Waals surface area contributed by atoms with E-state index >= 15 is 0 Å². The zero-order chi connectivity index (χ0) is 14.3. The molecule has 1 aromatic carbocycles. The monoisotopic (exact) mass is 285 g/mol. The molecule has 19 heavy (non-hydrogen) atoms. The van der Waals surface area contributed by atoms with Gasteiger partial charge in [-0.3, -0.25) is 0 Å². The summed E-state index contributed by atoms with van der Waals surface area (Å²) in [5.74, 6) is 0.380. The van der Waals surface area contributed by atoms with Gasteiger partial charge in [-0.1, -0.05) is 51.3 Å². The molecule has 0 saturated carbocycles. The Labute approximate surface area is 121 Å². The summed E-state index contributed by atoms with van der Waals surface area (Å²) in [5.41, 5.74) is 1.09. The quantitative estimate of drug-likeness (QED) is 0.679. The normalized spacial score (nSPS) is 12.9. The number of nitrogens with one attached hydrogen (secondary N) is 1. The summed E-state index contributed by atoms with van der Waals surface area (Å²) >= 11 is 5.87. The highest BCUT2D eigenvalue weighted by molar-refractivity contribution is 6.30. The van der Waals surface area contributed by atoms with Gasteiger partial charge in [-0.2, -0.15) is 0 Å². The molecule has 0 aromatic heterocycles. The van der Waals surface area contributed by atoms with Crippen LogP contribution in [0.1, 0.15) is 58.1 Å². The van der Waals surface area contributed by atoms with Crippen molar-refractivity contribution in [2.45, 2.75) is 52.5 Å². The molecule has 0 heterocycles. The molecule has 0 amide bonds. The summed E-state index contributed by atoms with van der Waals surface area (Å²) in [7, 11) is 0. The third-order valence-corrected chi connectivity index (χ3v) is 3.55. The maximum absolute atomic E-state index is 13.2. The summed E-state index contributed by atoms with van der Waals surface area (Å²) in [4.78, 5) is 0. The fraction of sp³-hybridized carbons (Fsp3) is 0.625. The van der Waals surface area contributed by atoms with Crippen molar-refractivity contribution in [3.8, 4) is 0 Å². The smallest absolute Gasteiger partial charge is 0.141 e. The van der Waals surface area contributed by atoms with E-state index in [0.29, 0.717) is 0 Å². The van der Waals surface area contributed by atoms with Gasteiger partial charge in [0, 0.05) is 6.04 Å². The lowest BCUT2D eigenvalue weighted by Gasteiger charge is -2.20. The van der Waals surface area contributed by atoms with Crippen LogP contribution >= 0.6 is 11.6 Å². The summed E-state index contributed by atoms with van der Waals surface area (Å²) < 4.78 is 13.2. The van der Waals surface area contributed by atoms with Gasteiger partial charge < -0.3 is 5.32 Å². The zero-order valence-corrected chi connectivity index (χ0v) is 12.9.